The minimum atomic E-state index is -3.45. The highest BCUT2D eigenvalue weighted by atomic mass is 32.2. The Bertz CT molecular complexity index is 757. The number of nitrogens with two attached hydrogens (primary N) is 1. The molecule has 7 heteroatoms. The fourth-order valence-electron chi connectivity index (χ4n) is 2.97. The minimum absolute atomic E-state index is 0.0215. The maximum Gasteiger partial charge on any atom is 0.209 e. The van der Waals surface area contributed by atoms with Gasteiger partial charge in [-0.25, -0.2) is 23.5 Å². The number of nitrogens with zero attached hydrogens (tertiary/aromatic N) is 3. The molecular formula is C14H18N4O2S. The van der Waals surface area contributed by atoms with E-state index in [4.69, 9.17) is 5.14 Å². The summed E-state index contributed by atoms with van der Waals surface area (Å²) >= 11 is 0. The predicted molar refractivity (Wildman–Crippen MR) is 82.4 cm³/mol. The molecule has 0 saturated carbocycles. The van der Waals surface area contributed by atoms with Crippen molar-refractivity contribution in [1.82, 2.24) is 9.97 Å². The number of para-hydroxylation sites is 1. The van der Waals surface area contributed by atoms with Gasteiger partial charge >= 0.3 is 0 Å². The predicted octanol–water partition coefficient (Wildman–Crippen LogP) is 0.991. The Kier molecular flexibility index (Phi) is 3.54. The van der Waals surface area contributed by atoms with Crippen molar-refractivity contribution in [2.24, 2.45) is 17.0 Å². The molecule has 3 rings (SSSR count). The molecule has 2 heterocycles. The number of anilines is 1. The lowest BCUT2D eigenvalue weighted by atomic mass is 10.0. The molecule has 2 atom stereocenters. The van der Waals surface area contributed by atoms with Crippen molar-refractivity contribution < 1.29 is 8.42 Å². The summed E-state index contributed by atoms with van der Waals surface area (Å²) in [6.45, 7) is 3.49. The van der Waals surface area contributed by atoms with Crippen LogP contribution in [-0.2, 0) is 10.0 Å². The molecule has 1 fully saturated rings. The van der Waals surface area contributed by atoms with Gasteiger partial charge in [0.2, 0.25) is 10.0 Å². The molecule has 21 heavy (non-hydrogen) atoms. The second-order valence-electron chi connectivity index (χ2n) is 5.69. The molecule has 1 aliphatic rings. The van der Waals surface area contributed by atoms with Crippen molar-refractivity contribution in [2.45, 2.75) is 6.92 Å². The van der Waals surface area contributed by atoms with Crippen LogP contribution in [0.2, 0.25) is 0 Å². The van der Waals surface area contributed by atoms with Gasteiger partial charge in [0.1, 0.15) is 12.1 Å². The fourth-order valence-corrected chi connectivity index (χ4v) is 4.00. The molecule has 0 bridgehead atoms. The second kappa shape index (κ2) is 5.23. The quantitative estimate of drug-likeness (QED) is 0.913. The van der Waals surface area contributed by atoms with Crippen molar-refractivity contribution >= 4 is 26.7 Å². The van der Waals surface area contributed by atoms with E-state index in [0.717, 1.165) is 23.3 Å². The van der Waals surface area contributed by atoms with Crippen LogP contribution in [0.3, 0.4) is 0 Å². The normalized spacial score (nSPS) is 22.9. The minimum Gasteiger partial charge on any atom is -0.355 e. The van der Waals surface area contributed by atoms with Gasteiger partial charge in [0, 0.05) is 18.5 Å². The van der Waals surface area contributed by atoms with E-state index in [0.29, 0.717) is 6.54 Å². The summed E-state index contributed by atoms with van der Waals surface area (Å²) in [6.07, 6.45) is 1.55. The van der Waals surface area contributed by atoms with Gasteiger partial charge in [-0.2, -0.15) is 0 Å². The highest BCUT2D eigenvalue weighted by Gasteiger charge is 2.33. The van der Waals surface area contributed by atoms with E-state index in [1.807, 2.05) is 24.3 Å². The van der Waals surface area contributed by atoms with Crippen molar-refractivity contribution in [3.05, 3.63) is 30.6 Å². The number of sulfonamides is 1. The lowest BCUT2D eigenvalue weighted by molar-refractivity contribution is 0.486. The third kappa shape index (κ3) is 2.98. The zero-order valence-corrected chi connectivity index (χ0v) is 12.6. The lowest BCUT2D eigenvalue weighted by Gasteiger charge is -2.18. The maximum atomic E-state index is 11.3. The Morgan fingerprint density at radius 1 is 1.29 bits per heavy atom. The molecule has 1 saturated heterocycles. The highest BCUT2D eigenvalue weighted by Crippen LogP contribution is 2.31. The van der Waals surface area contributed by atoms with Crippen molar-refractivity contribution in [3.63, 3.8) is 0 Å². The zero-order valence-electron chi connectivity index (χ0n) is 11.8. The second-order valence-corrected chi connectivity index (χ2v) is 7.35. The molecule has 0 spiro atoms. The van der Waals surface area contributed by atoms with Gasteiger partial charge in [-0.1, -0.05) is 19.1 Å². The summed E-state index contributed by atoms with van der Waals surface area (Å²) in [5.74, 6) is 1.18. The van der Waals surface area contributed by atoms with Crippen LogP contribution < -0.4 is 10.0 Å². The first-order valence-electron chi connectivity index (χ1n) is 6.89. The van der Waals surface area contributed by atoms with Gasteiger partial charge in [-0.3, -0.25) is 0 Å². The van der Waals surface area contributed by atoms with E-state index in [9.17, 15) is 8.42 Å². The number of aromatic nitrogens is 2. The van der Waals surface area contributed by atoms with Gasteiger partial charge in [-0.15, -0.1) is 0 Å². The Hall–Kier alpha value is -1.73. The topological polar surface area (TPSA) is 89.2 Å². The summed E-state index contributed by atoms with van der Waals surface area (Å²) in [4.78, 5) is 10.8. The molecule has 1 aliphatic heterocycles. The van der Waals surface area contributed by atoms with Crippen LogP contribution in [0.5, 0.6) is 0 Å². The van der Waals surface area contributed by atoms with Crippen molar-refractivity contribution in [1.29, 1.82) is 0 Å². The monoisotopic (exact) mass is 306 g/mol. The maximum absolute atomic E-state index is 11.3. The van der Waals surface area contributed by atoms with Crippen LogP contribution in [0.4, 0.5) is 5.82 Å². The third-order valence-electron chi connectivity index (χ3n) is 4.04. The van der Waals surface area contributed by atoms with Gasteiger partial charge < -0.3 is 4.90 Å². The van der Waals surface area contributed by atoms with E-state index in [-0.39, 0.29) is 17.6 Å². The Morgan fingerprint density at radius 2 is 2.05 bits per heavy atom. The first-order valence-corrected chi connectivity index (χ1v) is 8.61. The van der Waals surface area contributed by atoms with E-state index < -0.39 is 10.0 Å². The van der Waals surface area contributed by atoms with Crippen LogP contribution in [0.15, 0.2) is 30.6 Å². The van der Waals surface area contributed by atoms with Crippen LogP contribution in [-0.4, -0.2) is 37.2 Å². The smallest absolute Gasteiger partial charge is 0.209 e. The standard InChI is InChI=1S/C14H18N4O2S/c1-10-6-18(7-11(10)8-21(15,19)20)14-12-4-2-3-5-13(12)16-9-17-14/h2-5,9-11H,6-8H2,1H3,(H2,15,19,20)/t10-,11+/m0/s1. The number of hydrogen-bond acceptors (Lipinski definition) is 5. The number of primary sulfonamides is 1. The molecule has 0 amide bonds. The molecule has 1 aromatic carbocycles. The number of hydrogen-bond donors (Lipinski definition) is 1. The lowest BCUT2D eigenvalue weighted by Crippen LogP contribution is -2.27. The van der Waals surface area contributed by atoms with Crippen LogP contribution >= 0.6 is 0 Å². The van der Waals surface area contributed by atoms with Crippen molar-refractivity contribution in [2.75, 3.05) is 23.7 Å². The van der Waals surface area contributed by atoms with Crippen LogP contribution in [0.1, 0.15) is 6.92 Å². The highest BCUT2D eigenvalue weighted by molar-refractivity contribution is 7.89. The van der Waals surface area contributed by atoms with E-state index in [1.165, 1.54) is 0 Å². The molecule has 1 aromatic heterocycles. The average Bonchev–Trinajstić information content (AvgIpc) is 2.77. The number of fused-ring (bicyclic) bond motifs is 1. The van der Waals surface area contributed by atoms with Gasteiger partial charge in [0.25, 0.3) is 0 Å². The van der Waals surface area contributed by atoms with Gasteiger partial charge in [-0.05, 0) is 24.0 Å². The molecule has 2 aromatic rings. The Labute approximate surface area is 124 Å². The third-order valence-corrected chi connectivity index (χ3v) is 4.93. The SMILES string of the molecule is C[C@H]1CN(c2ncnc3ccccc23)C[C@@H]1CS(N)(=O)=O. The molecule has 0 aliphatic carbocycles. The summed E-state index contributed by atoms with van der Waals surface area (Å²) in [5, 5.41) is 6.17. The molecule has 0 unspecified atom stereocenters. The summed E-state index contributed by atoms with van der Waals surface area (Å²) in [5.41, 5.74) is 0.894. The van der Waals surface area contributed by atoms with E-state index in [1.54, 1.807) is 6.33 Å². The van der Waals surface area contributed by atoms with Crippen LogP contribution in [0.25, 0.3) is 10.9 Å². The molecule has 2 N–H and O–H groups in total. The Balaban J connectivity index is 1.91. The van der Waals surface area contributed by atoms with Crippen LogP contribution in [0, 0.1) is 11.8 Å². The van der Waals surface area contributed by atoms with Gasteiger partial charge in [0.05, 0.1) is 11.3 Å². The number of rotatable bonds is 3. The zero-order chi connectivity index (χ0) is 15.0. The molecule has 0 radical (unpaired) electrons. The largest absolute Gasteiger partial charge is 0.355 e. The van der Waals surface area contributed by atoms with E-state index in [2.05, 4.69) is 21.8 Å². The number of benzene rings is 1. The summed E-state index contributed by atoms with van der Waals surface area (Å²) < 4.78 is 22.6. The Morgan fingerprint density at radius 3 is 2.81 bits per heavy atom. The molecule has 6 nitrogen and oxygen atoms in total. The molecule has 112 valence electrons. The van der Waals surface area contributed by atoms with E-state index >= 15 is 0 Å². The van der Waals surface area contributed by atoms with Crippen molar-refractivity contribution in [3.8, 4) is 0 Å². The van der Waals surface area contributed by atoms with Gasteiger partial charge in [0.15, 0.2) is 0 Å². The first-order chi connectivity index (χ1) is 9.94. The average molecular weight is 306 g/mol. The summed E-state index contributed by atoms with van der Waals surface area (Å²) in [6, 6.07) is 7.83. The fraction of sp³-hybridized carbons (Fsp3) is 0.429. The molecular weight excluding hydrogens is 288 g/mol. The first kappa shape index (κ1) is 14.2. The summed E-state index contributed by atoms with van der Waals surface area (Å²) in [7, 11) is -3.45.